The van der Waals surface area contributed by atoms with Crippen molar-refractivity contribution in [1.29, 1.82) is 0 Å². The minimum atomic E-state index is -1.68. The second-order valence-corrected chi connectivity index (χ2v) is 30.6. The van der Waals surface area contributed by atoms with Crippen LogP contribution in [0, 0.1) is 27.8 Å². The number of amides is 4. The van der Waals surface area contributed by atoms with E-state index in [9.17, 15) is 29.4 Å². The number of likely N-dealkylation sites (tertiary alicyclic amines) is 2. The van der Waals surface area contributed by atoms with E-state index in [0.717, 1.165) is 9.26 Å². The van der Waals surface area contributed by atoms with Gasteiger partial charge in [0.25, 0.3) is 23.6 Å². The van der Waals surface area contributed by atoms with Gasteiger partial charge in [0, 0.05) is 72.1 Å². The van der Waals surface area contributed by atoms with E-state index >= 15 is 0 Å². The Hall–Kier alpha value is -9.65. The predicted molar refractivity (Wildman–Crippen MR) is 413 cm³/mol. The van der Waals surface area contributed by atoms with Gasteiger partial charge < -0.3 is 41.0 Å². The van der Waals surface area contributed by atoms with Crippen molar-refractivity contribution in [3.8, 4) is 47.3 Å². The van der Waals surface area contributed by atoms with Crippen molar-refractivity contribution in [3.05, 3.63) is 276 Å². The van der Waals surface area contributed by atoms with Gasteiger partial charge in [-0.3, -0.25) is 19.2 Å². The van der Waals surface area contributed by atoms with Crippen molar-refractivity contribution in [1.82, 2.24) is 39.3 Å². The van der Waals surface area contributed by atoms with E-state index < -0.39 is 44.8 Å². The maximum atomic E-state index is 12.1. The summed E-state index contributed by atoms with van der Waals surface area (Å²) in [6, 6.07) is 82.7. The summed E-state index contributed by atoms with van der Waals surface area (Å²) in [5.74, 6) is 6.36. The fourth-order valence-electron chi connectivity index (χ4n) is 10.8. The summed E-state index contributed by atoms with van der Waals surface area (Å²) in [6.45, 7) is 0.995. The van der Waals surface area contributed by atoms with Crippen LogP contribution in [0.1, 0.15) is 39.4 Å². The molecule has 18 nitrogen and oxygen atoms in total. The number of likely N-dealkylation sites (N-methyl/N-ethyl adjacent to an activating group) is 2. The number of fused-ring (bicyclic) bond motifs is 2. The SMILES string of the molecule is C#C[C@]1(O)CCN(C)C1=O.COc1cc2c(C(N)=O)nn(-c3cccc(C#C[C@]4(O)CCN(C)C4=O)c3)c2cn1.COc1cc2c(C(N)=O)nn(-c3cccc(I)c3)c2cn1.[Cl][Pd][Cl].c1ccc(P(c2ccccc2)c2ccccc2)cc1.c1ccc(P(c2ccccc2)c2ccccc2)cc1. The number of benzene rings is 8. The van der Waals surface area contributed by atoms with Gasteiger partial charge in [-0.15, -0.1) is 6.42 Å². The van der Waals surface area contributed by atoms with E-state index in [1.54, 1.807) is 67.6 Å². The number of ether oxygens (including phenoxy) is 2. The minimum absolute atomic E-state index is 0.0936. The molecule has 6 N–H and O–H groups in total. The van der Waals surface area contributed by atoms with Crippen LogP contribution in [0.2, 0.25) is 0 Å². The Kier molecular flexibility index (Phi) is 27.6. The average Bonchev–Trinajstić information content (AvgIpc) is 1.63. The maximum Gasteiger partial charge on any atom is -0.0134 e. The van der Waals surface area contributed by atoms with Crippen molar-refractivity contribution in [2.45, 2.75) is 24.0 Å². The van der Waals surface area contributed by atoms with Gasteiger partial charge >= 0.3 is 35.0 Å². The van der Waals surface area contributed by atoms with Crippen LogP contribution in [0.15, 0.2) is 255 Å². The molecule has 520 valence electrons. The van der Waals surface area contributed by atoms with Gasteiger partial charge in [0.05, 0.1) is 49.0 Å². The predicted octanol–water partition coefficient (Wildman–Crippen LogP) is 10.1. The molecule has 0 radical (unpaired) electrons. The summed E-state index contributed by atoms with van der Waals surface area (Å²) in [4.78, 5) is 57.8. The number of aromatic nitrogens is 6. The monoisotopic (exact) mass is 1640 g/mol. The maximum absolute atomic E-state index is 12.1. The number of primary amides is 2. The molecule has 2 aliphatic heterocycles. The third kappa shape index (κ3) is 19.3. The molecule has 4 amide bonds. The smallest absolute Gasteiger partial charge is 0.0134 e. The third-order valence-electron chi connectivity index (χ3n) is 15.9. The summed E-state index contributed by atoms with van der Waals surface area (Å²) >= 11 is 2.11. The Bertz CT molecular complexity index is 4640. The van der Waals surface area contributed by atoms with Crippen molar-refractivity contribution >= 4 is 135 Å². The average molecular weight is 1640 g/mol. The normalized spacial score (nSPS) is 15.0. The zero-order valence-electron chi connectivity index (χ0n) is 55.6. The molecule has 4 aromatic heterocycles. The summed E-state index contributed by atoms with van der Waals surface area (Å²) in [6.07, 6.45) is 8.74. The second kappa shape index (κ2) is 36.8. The van der Waals surface area contributed by atoms with Gasteiger partial charge in [-0.2, -0.15) is 10.2 Å². The molecule has 24 heteroatoms. The van der Waals surface area contributed by atoms with Crippen LogP contribution in [0.3, 0.4) is 0 Å². The number of methoxy groups -OCH3 is 2. The number of nitrogens with zero attached hydrogens (tertiary/aromatic N) is 8. The van der Waals surface area contributed by atoms with Crippen molar-refractivity contribution in [3.63, 3.8) is 0 Å². The van der Waals surface area contributed by atoms with Crippen LogP contribution in [0.4, 0.5) is 0 Å². The first-order valence-electron chi connectivity index (χ1n) is 31.3. The zero-order chi connectivity index (χ0) is 72.8. The Balaban J connectivity index is 0.000000151. The number of carbonyl (C=O) groups excluding carboxylic acids is 4. The molecule has 2 aliphatic rings. The number of aliphatic hydroxyl groups is 2. The summed E-state index contributed by atoms with van der Waals surface area (Å²) in [5.41, 5.74) is 11.3. The standard InChI is InChI=1S/C21H19N5O4.2C18H15P.C14H11IN4O2.C7H9NO2.2ClH.Pd/c1-25-9-8-21(29,20(25)28)7-6-13-4-3-5-14(10-13)26-16-12-23-17(30-2)11-15(16)18(24-26)19(22)27;2*1-4-10-16(11-5-1)19(17-12-6-2-7-13-17)18-14-8-3-9-15-18;1-21-12-6-10-11(7-17-12)19(18-13(10)14(16)20)9-4-2-3-8(15)5-9;1-3-7(10)4-5-8(2)6(7)9;;;/h3-5,10-12,29H,8-9H2,1-2H3,(H2,22,27);2*1-15H;2-7H,1H3,(H2,16,20);1,10H,4-5H2,2H3;2*1H;/q;;;;;;;+2/p-2/t21-;;;;7-;;;/m0...0.../s1. The molecular weight excluding hydrogens is 1570 g/mol. The summed E-state index contributed by atoms with van der Waals surface area (Å²) in [7, 11) is 15.0. The van der Waals surface area contributed by atoms with E-state index in [0.29, 0.717) is 64.3 Å². The molecular formula is C78H69Cl2IN10O8P2Pd. The van der Waals surface area contributed by atoms with E-state index in [1.165, 1.54) is 60.5 Å². The number of carbonyl (C=O) groups is 4. The minimum Gasteiger partial charge on any atom is -0.0622 e. The Morgan fingerprint density at radius 2 is 0.863 bits per heavy atom. The van der Waals surface area contributed by atoms with E-state index in [-0.39, 0.29) is 39.7 Å². The largest absolute Gasteiger partial charge is 0.0622 e. The first-order chi connectivity index (χ1) is 49.3. The molecule has 2 fully saturated rings. The molecule has 6 heterocycles. The number of hydrogen-bond donors (Lipinski definition) is 4. The molecule has 2 atom stereocenters. The van der Waals surface area contributed by atoms with Crippen molar-refractivity contribution in [2.24, 2.45) is 11.5 Å². The second-order valence-electron chi connectivity index (χ2n) is 22.6. The van der Waals surface area contributed by atoms with Gasteiger partial charge in [-0.05, 0) is 107 Å². The first-order valence-corrected chi connectivity index (χ1v) is 39.1. The summed E-state index contributed by atoms with van der Waals surface area (Å²) in [5, 5.41) is 38.0. The number of terminal acetylenes is 1. The molecule has 0 spiro atoms. The molecule has 8 aromatic carbocycles. The quantitative estimate of drug-likeness (QED) is 0.0386. The van der Waals surface area contributed by atoms with Crippen LogP contribution in [0.25, 0.3) is 33.2 Å². The third-order valence-corrected chi connectivity index (χ3v) is 21.4. The van der Waals surface area contributed by atoms with E-state index in [4.69, 9.17) is 46.4 Å². The van der Waals surface area contributed by atoms with Crippen LogP contribution in [0.5, 0.6) is 11.8 Å². The van der Waals surface area contributed by atoms with Gasteiger partial charge in [-0.25, -0.2) is 19.3 Å². The Morgan fingerprint density at radius 1 is 0.529 bits per heavy atom. The molecule has 2 saturated heterocycles. The van der Waals surface area contributed by atoms with Crippen LogP contribution < -0.4 is 52.8 Å². The van der Waals surface area contributed by atoms with Gasteiger partial charge in [0.2, 0.25) is 23.0 Å². The summed E-state index contributed by atoms with van der Waals surface area (Å²) < 4.78 is 14.5. The molecule has 12 aromatic rings. The molecule has 0 aliphatic carbocycles. The molecule has 0 saturated carbocycles. The van der Waals surface area contributed by atoms with Gasteiger partial charge in [-0.1, -0.05) is 212 Å². The fraction of sp³-hybridized carbons (Fsp3) is 0.128. The Labute approximate surface area is 623 Å². The molecule has 14 rings (SSSR count). The Morgan fingerprint density at radius 3 is 1.16 bits per heavy atom. The van der Waals surface area contributed by atoms with Gasteiger partial charge in [0.1, 0.15) is 0 Å². The van der Waals surface area contributed by atoms with Crippen LogP contribution in [-0.4, -0.2) is 126 Å². The van der Waals surface area contributed by atoms with E-state index in [2.05, 4.69) is 243 Å². The molecule has 102 heavy (non-hydrogen) atoms. The number of pyridine rings is 2. The van der Waals surface area contributed by atoms with Crippen LogP contribution >= 0.6 is 57.5 Å². The topological polar surface area (TPSA) is 247 Å². The number of rotatable bonds is 12. The fourth-order valence-corrected chi connectivity index (χ4v) is 15.9. The molecule has 0 bridgehead atoms. The van der Waals surface area contributed by atoms with E-state index in [1.807, 2.05) is 24.3 Å². The van der Waals surface area contributed by atoms with Gasteiger partial charge in [0.15, 0.2) is 11.4 Å². The number of nitrogens with two attached hydrogens (primary N) is 2. The zero-order valence-corrected chi connectivity index (χ0v) is 62.6. The molecule has 0 unspecified atom stereocenters. The van der Waals surface area contributed by atoms with Crippen LogP contribution in [-0.2, 0) is 25.5 Å². The van der Waals surface area contributed by atoms with Crippen molar-refractivity contribution < 1.29 is 54.8 Å². The van der Waals surface area contributed by atoms with Crippen molar-refractivity contribution in [2.75, 3.05) is 41.4 Å². The number of hydrogen-bond acceptors (Lipinski definition) is 12. The number of halogens is 3. The first kappa shape index (κ1) is 76.5.